The van der Waals surface area contributed by atoms with E-state index in [1.165, 1.54) is 0 Å². The summed E-state index contributed by atoms with van der Waals surface area (Å²) in [6.45, 7) is 2.91. The highest BCUT2D eigenvalue weighted by atomic mass is 35.5. The highest BCUT2D eigenvalue weighted by molar-refractivity contribution is 6.30. The van der Waals surface area contributed by atoms with Gasteiger partial charge in [-0.1, -0.05) is 17.7 Å². The normalized spacial score (nSPS) is 15.9. The molecule has 0 aliphatic carbocycles. The Morgan fingerprint density at radius 1 is 1.19 bits per heavy atom. The van der Waals surface area contributed by atoms with Crippen LogP contribution >= 0.6 is 11.6 Å². The van der Waals surface area contributed by atoms with Gasteiger partial charge in [0.25, 0.3) is 11.8 Å². The number of amides is 2. The van der Waals surface area contributed by atoms with E-state index in [1.54, 1.807) is 60.5 Å². The molecule has 0 radical (unpaired) electrons. The van der Waals surface area contributed by atoms with E-state index < -0.39 is 6.10 Å². The van der Waals surface area contributed by atoms with Crippen molar-refractivity contribution >= 4 is 23.4 Å². The number of aromatic nitrogens is 1. The van der Waals surface area contributed by atoms with Crippen LogP contribution in [0.15, 0.2) is 48.7 Å². The number of halogens is 1. The zero-order valence-corrected chi connectivity index (χ0v) is 15.9. The van der Waals surface area contributed by atoms with Crippen LogP contribution in [0.2, 0.25) is 5.02 Å². The molecule has 1 aromatic carbocycles. The number of hydrogen-bond acceptors (Lipinski definition) is 4. The van der Waals surface area contributed by atoms with Crippen LogP contribution in [0.3, 0.4) is 0 Å². The summed E-state index contributed by atoms with van der Waals surface area (Å²) < 4.78 is 5.71. The quantitative estimate of drug-likeness (QED) is 0.856. The largest absolute Gasteiger partial charge is 0.481 e. The van der Waals surface area contributed by atoms with E-state index in [9.17, 15) is 9.59 Å². The fourth-order valence-electron chi connectivity index (χ4n) is 3.03. The van der Waals surface area contributed by atoms with E-state index in [1.807, 2.05) is 0 Å². The van der Waals surface area contributed by atoms with Crippen LogP contribution < -0.4 is 10.1 Å². The van der Waals surface area contributed by atoms with Crippen LogP contribution in [0.5, 0.6) is 5.75 Å². The smallest absolute Gasteiger partial charge is 0.270 e. The topological polar surface area (TPSA) is 71.5 Å². The standard InChI is InChI=1S/C20H22ClN3O3/c1-14(27-17-7-5-15(21)6-8-17)20(26)24-12-9-16(10-13-24)23-19(25)18-4-2-3-11-22-18/h2-8,11,14,16H,9-10,12-13H2,1H3,(H,23,25). The number of hydrogen-bond donors (Lipinski definition) is 1. The maximum absolute atomic E-state index is 12.6. The first kappa shape index (κ1) is 19.2. The molecule has 7 heteroatoms. The minimum Gasteiger partial charge on any atom is -0.481 e. The summed E-state index contributed by atoms with van der Waals surface area (Å²) in [7, 11) is 0. The Bertz CT molecular complexity index is 775. The number of nitrogens with one attached hydrogen (secondary N) is 1. The molecule has 0 spiro atoms. The minimum atomic E-state index is -0.578. The summed E-state index contributed by atoms with van der Waals surface area (Å²) in [5, 5.41) is 3.61. The molecule has 1 aliphatic heterocycles. The van der Waals surface area contributed by atoms with Gasteiger partial charge >= 0.3 is 0 Å². The third kappa shape index (κ3) is 5.20. The Labute approximate surface area is 163 Å². The second-order valence-corrected chi connectivity index (χ2v) is 6.94. The Hall–Kier alpha value is -2.60. The van der Waals surface area contributed by atoms with E-state index in [0.29, 0.717) is 42.4 Å². The van der Waals surface area contributed by atoms with E-state index in [-0.39, 0.29) is 17.9 Å². The third-order valence-electron chi connectivity index (χ3n) is 4.51. The van der Waals surface area contributed by atoms with Crippen molar-refractivity contribution in [2.75, 3.05) is 13.1 Å². The van der Waals surface area contributed by atoms with Crippen LogP contribution in [-0.4, -0.2) is 46.9 Å². The van der Waals surface area contributed by atoms with Gasteiger partial charge in [-0.3, -0.25) is 14.6 Å². The Kier molecular flexibility index (Phi) is 6.29. The molecule has 1 aliphatic rings. The van der Waals surface area contributed by atoms with Gasteiger partial charge in [0.05, 0.1) is 0 Å². The third-order valence-corrected chi connectivity index (χ3v) is 4.77. The number of nitrogens with zero attached hydrogens (tertiary/aromatic N) is 2. The molecule has 0 bridgehead atoms. The molecule has 1 atom stereocenters. The van der Waals surface area contributed by atoms with Crippen LogP contribution in [-0.2, 0) is 4.79 Å². The Balaban J connectivity index is 1.47. The summed E-state index contributed by atoms with van der Waals surface area (Å²) in [4.78, 5) is 30.6. The number of benzene rings is 1. The fourth-order valence-corrected chi connectivity index (χ4v) is 3.15. The lowest BCUT2D eigenvalue weighted by Crippen LogP contribution is -2.49. The van der Waals surface area contributed by atoms with Crippen molar-refractivity contribution in [1.82, 2.24) is 15.2 Å². The summed E-state index contributed by atoms with van der Waals surface area (Å²) in [6.07, 6.45) is 2.43. The number of piperidine rings is 1. The van der Waals surface area contributed by atoms with Gasteiger partial charge in [0.1, 0.15) is 11.4 Å². The number of carbonyl (C=O) groups excluding carboxylic acids is 2. The summed E-state index contributed by atoms with van der Waals surface area (Å²) in [5.41, 5.74) is 0.404. The van der Waals surface area contributed by atoms with Gasteiger partial charge in [-0.15, -0.1) is 0 Å². The highest BCUT2D eigenvalue weighted by Gasteiger charge is 2.28. The lowest BCUT2D eigenvalue weighted by Gasteiger charge is -2.33. The zero-order chi connectivity index (χ0) is 19.2. The summed E-state index contributed by atoms with van der Waals surface area (Å²) in [6, 6.07) is 12.2. The minimum absolute atomic E-state index is 0.0380. The van der Waals surface area contributed by atoms with Crippen molar-refractivity contribution in [2.45, 2.75) is 31.9 Å². The second-order valence-electron chi connectivity index (χ2n) is 6.50. The van der Waals surface area contributed by atoms with Crippen LogP contribution in [0, 0.1) is 0 Å². The molecule has 1 N–H and O–H groups in total. The van der Waals surface area contributed by atoms with Gasteiger partial charge < -0.3 is 15.0 Å². The average molecular weight is 388 g/mol. The Morgan fingerprint density at radius 2 is 1.89 bits per heavy atom. The molecule has 27 heavy (non-hydrogen) atoms. The molecule has 3 rings (SSSR count). The molecule has 1 saturated heterocycles. The van der Waals surface area contributed by atoms with Crippen LogP contribution in [0.4, 0.5) is 0 Å². The van der Waals surface area contributed by atoms with Crippen molar-refractivity contribution in [3.63, 3.8) is 0 Å². The Morgan fingerprint density at radius 3 is 2.52 bits per heavy atom. The monoisotopic (exact) mass is 387 g/mol. The molecule has 0 saturated carbocycles. The number of likely N-dealkylation sites (tertiary alicyclic amines) is 1. The van der Waals surface area contributed by atoms with Crippen molar-refractivity contribution < 1.29 is 14.3 Å². The predicted molar refractivity (Wildman–Crippen MR) is 103 cm³/mol. The molecular formula is C20H22ClN3O3. The van der Waals surface area contributed by atoms with Crippen molar-refractivity contribution in [3.05, 3.63) is 59.4 Å². The maximum Gasteiger partial charge on any atom is 0.270 e. The molecule has 142 valence electrons. The van der Waals surface area contributed by atoms with E-state index >= 15 is 0 Å². The highest BCUT2D eigenvalue weighted by Crippen LogP contribution is 2.18. The molecule has 1 unspecified atom stereocenters. The predicted octanol–water partition coefficient (Wildman–Crippen LogP) is 2.92. The molecule has 1 aromatic heterocycles. The second kappa shape index (κ2) is 8.86. The number of carbonyl (C=O) groups is 2. The van der Waals surface area contributed by atoms with Crippen molar-refractivity contribution in [1.29, 1.82) is 0 Å². The number of ether oxygens (including phenoxy) is 1. The first-order valence-electron chi connectivity index (χ1n) is 8.96. The molecule has 1 fully saturated rings. The first-order chi connectivity index (χ1) is 13.0. The van der Waals surface area contributed by atoms with Crippen LogP contribution in [0.1, 0.15) is 30.3 Å². The lowest BCUT2D eigenvalue weighted by atomic mass is 10.0. The molecule has 2 aromatic rings. The first-order valence-corrected chi connectivity index (χ1v) is 9.33. The van der Waals surface area contributed by atoms with E-state index in [2.05, 4.69) is 10.3 Å². The average Bonchev–Trinajstić information content (AvgIpc) is 2.70. The van der Waals surface area contributed by atoms with Gasteiger partial charge in [-0.2, -0.15) is 0 Å². The number of pyridine rings is 1. The number of rotatable bonds is 5. The van der Waals surface area contributed by atoms with Gasteiger partial charge in [0.15, 0.2) is 6.10 Å². The maximum atomic E-state index is 12.6. The fraction of sp³-hybridized carbons (Fsp3) is 0.350. The molecular weight excluding hydrogens is 366 g/mol. The van der Waals surface area contributed by atoms with Gasteiger partial charge in [-0.25, -0.2) is 0 Å². The van der Waals surface area contributed by atoms with Crippen LogP contribution in [0.25, 0.3) is 0 Å². The van der Waals surface area contributed by atoms with Gasteiger partial charge in [0, 0.05) is 30.4 Å². The van der Waals surface area contributed by atoms with Crippen molar-refractivity contribution in [3.8, 4) is 5.75 Å². The van der Waals surface area contributed by atoms with Gasteiger partial charge in [0.2, 0.25) is 0 Å². The summed E-state index contributed by atoms with van der Waals surface area (Å²) >= 11 is 5.86. The molecule has 2 heterocycles. The van der Waals surface area contributed by atoms with E-state index in [0.717, 1.165) is 0 Å². The van der Waals surface area contributed by atoms with E-state index in [4.69, 9.17) is 16.3 Å². The molecule has 6 nitrogen and oxygen atoms in total. The van der Waals surface area contributed by atoms with Crippen molar-refractivity contribution in [2.24, 2.45) is 0 Å². The van der Waals surface area contributed by atoms with Gasteiger partial charge in [-0.05, 0) is 56.2 Å². The molecule has 2 amide bonds. The lowest BCUT2D eigenvalue weighted by molar-refractivity contribution is -0.139. The summed E-state index contributed by atoms with van der Waals surface area (Å²) in [5.74, 6) is 0.372. The zero-order valence-electron chi connectivity index (χ0n) is 15.1. The SMILES string of the molecule is CC(Oc1ccc(Cl)cc1)C(=O)N1CCC(NC(=O)c2ccccn2)CC1.